The first-order valence-corrected chi connectivity index (χ1v) is 10.8. The van der Waals surface area contributed by atoms with Crippen LogP contribution in [0.25, 0.3) is 0 Å². The van der Waals surface area contributed by atoms with Crippen LogP contribution in [0.5, 0.6) is 5.75 Å². The maximum absolute atomic E-state index is 6.00. The lowest BCUT2D eigenvalue weighted by Gasteiger charge is -2.20. The molecule has 0 radical (unpaired) electrons. The molecule has 1 heterocycles. The van der Waals surface area contributed by atoms with Crippen molar-refractivity contribution in [1.82, 2.24) is 20.4 Å². The van der Waals surface area contributed by atoms with Crippen LogP contribution in [0.1, 0.15) is 31.2 Å². The fraction of sp³-hybridized carbons (Fsp3) is 0.682. The van der Waals surface area contributed by atoms with E-state index in [4.69, 9.17) is 4.74 Å². The molecule has 0 unspecified atom stereocenters. The van der Waals surface area contributed by atoms with Gasteiger partial charge in [-0.15, -0.1) is 0 Å². The molecule has 0 amide bonds. The third kappa shape index (κ3) is 7.32. The minimum absolute atomic E-state index is 0.721. The highest BCUT2D eigenvalue weighted by molar-refractivity contribution is 5.79. The first-order chi connectivity index (χ1) is 13.7. The number of likely N-dealkylation sites (N-methyl/N-ethyl adjacent to an activating group) is 1. The minimum atomic E-state index is 0.721. The molecule has 1 aromatic rings. The van der Waals surface area contributed by atoms with E-state index in [2.05, 4.69) is 50.7 Å². The highest BCUT2D eigenvalue weighted by atomic mass is 16.5. The van der Waals surface area contributed by atoms with E-state index in [-0.39, 0.29) is 0 Å². The van der Waals surface area contributed by atoms with Gasteiger partial charge in [0.1, 0.15) is 5.75 Å². The van der Waals surface area contributed by atoms with E-state index >= 15 is 0 Å². The summed E-state index contributed by atoms with van der Waals surface area (Å²) in [5.74, 6) is 2.61. The molecule has 1 aliphatic carbocycles. The van der Waals surface area contributed by atoms with Crippen LogP contribution >= 0.6 is 0 Å². The maximum Gasteiger partial charge on any atom is 0.191 e. The minimum Gasteiger partial charge on any atom is -0.493 e. The summed E-state index contributed by atoms with van der Waals surface area (Å²) in [6.07, 6.45) is 5.02. The Balaban J connectivity index is 1.35. The highest BCUT2D eigenvalue weighted by Crippen LogP contribution is 2.30. The molecule has 2 N–H and O–H groups in total. The van der Waals surface area contributed by atoms with Gasteiger partial charge in [0.25, 0.3) is 0 Å². The second kappa shape index (κ2) is 11.3. The topological polar surface area (TPSA) is 52.1 Å². The number of nitrogens with one attached hydrogen (secondary N) is 2. The van der Waals surface area contributed by atoms with Crippen LogP contribution in [-0.2, 0) is 6.54 Å². The number of rotatable bonds is 9. The quantitative estimate of drug-likeness (QED) is 0.386. The molecule has 0 atom stereocenters. The van der Waals surface area contributed by atoms with Crippen molar-refractivity contribution in [2.45, 2.75) is 32.2 Å². The Hall–Kier alpha value is -1.79. The van der Waals surface area contributed by atoms with Crippen LogP contribution in [-0.4, -0.2) is 75.7 Å². The zero-order chi connectivity index (χ0) is 19.6. The Morgan fingerprint density at radius 2 is 2.00 bits per heavy atom. The van der Waals surface area contributed by atoms with Crippen molar-refractivity contribution < 1.29 is 4.74 Å². The van der Waals surface area contributed by atoms with Crippen molar-refractivity contribution in [3.63, 3.8) is 0 Å². The molecule has 1 aromatic carbocycles. The molecular weight excluding hydrogens is 350 g/mol. The number of nitrogens with zero attached hydrogens (tertiary/aromatic N) is 3. The second-order valence-corrected chi connectivity index (χ2v) is 8.07. The number of guanidine groups is 1. The zero-order valence-electron chi connectivity index (χ0n) is 17.6. The van der Waals surface area contributed by atoms with E-state index in [1.807, 2.05) is 13.1 Å². The molecule has 1 saturated carbocycles. The lowest BCUT2D eigenvalue weighted by atomic mass is 10.2. The van der Waals surface area contributed by atoms with Gasteiger partial charge in [-0.05, 0) is 64.3 Å². The van der Waals surface area contributed by atoms with Crippen LogP contribution in [0, 0.1) is 5.92 Å². The summed E-state index contributed by atoms with van der Waals surface area (Å²) < 4.78 is 6.00. The second-order valence-electron chi connectivity index (χ2n) is 8.07. The molecule has 1 saturated heterocycles. The van der Waals surface area contributed by atoms with Gasteiger partial charge in [-0.2, -0.15) is 0 Å². The van der Waals surface area contributed by atoms with E-state index in [0.29, 0.717) is 0 Å². The van der Waals surface area contributed by atoms with E-state index in [1.54, 1.807) is 0 Å². The van der Waals surface area contributed by atoms with Crippen LogP contribution in [0.3, 0.4) is 0 Å². The summed E-state index contributed by atoms with van der Waals surface area (Å²) in [5, 5.41) is 6.87. The normalized spacial score (nSPS) is 19.3. The molecule has 156 valence electrons. The van der Waals surface area contributed by atoms with Crippen LogP contribution in [0.4, 0.5) is 0 Å². The summed E-state index contributed by atoms with van der Waals surface area (Å²) >= 11 is 0. The van der Waals surface area contributed by atoms with Crippen LogP contribution < -0.4 is 15.4 Å². The molecule has 3 rings (SSSR count). The molecular formula is C22H37N5O. The number of hydrogen-bond acceptors (Lipinski definition) is 4. The van der Waals surface area contributed by atoms with Gasteiger partial charge in [0, 0.05) is 38.8 Å². The standard InChI is InChI=1S/C22H37N5O/c1-23-22(24-11-5-13-27-14-6-12-26(2)15-16-27)25-17-20-7-3-4-8-21(20)28-18-19-9-10-19/h3-4,7-8,19H,5-6,9-18H2,1-2H3,(H2,23,24,25). The third-order valence-corrected chi connectivity index (χ3v) is 5.57. The van der Waals surface area contributed by atoms with Gasteiger partial charge in [0.15, 0.2) is 5.96 Å². The van der Waals surface area contributed by atoms with E-state index in [9.17, 15) is 0 Å². The van der Waals surface area contributed by atoms with Gasteiger partial charge in [-0.3, -0.25) is 4.99 Å². The SMILES string of the molecule is CN=C(NCCCN1CCCN(C)CC1)NCc1ccccc1OCC1CC1. The van der Waals surface area contributed by atoms with Gasteiger partial charge >= 0.3 is 0 Å². The Morgan fingerprint density at radius 3 is 2.82 bits per heavy atom. The molecule has 0 aromatic heterocycles. The zero-order valence-corrected chi connectivity index (χ0v) is 17.6. The first-order valence-electron chi connectivity index (χ1n) is 10.8. The van der Waals surface area contributed by atoms with Crippen LogP contribution in [0.15, 0.2) is 29.3 Å². The summed E-state index contributed by atoms with van der Waals surface area (Å²) in [5.41, 5.74) is 1.18. The first kappa shape index (κ1) is 20.9. The Labute approximate surface area is 170 Å². The molecule has 6 nitrogen and oxygen atoms in total. The van der Waals surface area contributed by atoms with Crippen molar-refractivity contribution in [2.24, 2.45) is 10.9 Å². The van der Waals surface area contributed by atoms with Crippen LogP contribution in [0.2, 0.25) is 0 Å². The third-order valence-electron chi connectivity index (χ3n) is 5.57. The summed E-state index contributed by atoms with van der Waals surface area (Å²) in [4.78, 5) is 9.36. The predicted octanol–water partition coefficient (Wildman–Crippen LogP) is 2.17. The van der Waals surface area contributed by atoms with Crippen molar-refractivity contribution in [2.75, 3.05) is 60.0 Å². The van der Waals surface area contributed by atoms with Crippen molar-refractivity contribution >= 4 is 5.96 Å². The summed E-state index contributed by atoms with van der Waals surface area (Å²) in [6, 6.07) is 8.29. The fourth-order valence-electron chi connectivity index (χ4n) is 3.52. The molecule has 0 bridgehead atoms. The number of benzene rings is 1. The van der Waals surface area contributed by atoms with Crippen molar-refractivity contribution in [1.29, 1.82) is 0 Å². The molecule has 2 aliphatic rings. The number of hydrogen-bond donors (Lipinski definition) is 2. The molecule has 1 aliphatic heterocycles. The fourth-order valence-corrected chi connectivity index (χ4v) is 3.52. The predicted molar refractivity (Wildman–Crippen MR) is 116 cm³/mol. The Bertz CT molecular complexity index is 617. The lowest BCUT2D eigenvalue weighted by Crippen LogP contribution is -2.38. The molecule has 6 heteroatoms. The smallest absolute Gasteiger partial charge is 0.191 e. The van der Waals surface area contributed by atoms with Crippen molar-refractivity contribution in [3.05, 3.63) is 29.8 Å². The van der Waals surface area contributed by atoms with Gasteiger partial charge in [0.05, 0.1) is 6.61 Å². The molecule has 2 fully saturated rings. The molecule has 28 heavy (non-hydrogen) atoms. The Kier molecular flexibility index (Phi) is 8.42. The van der Waals surface area contributed by atoms with Gasteiger partial charge in [-0.25, -0.2) is 0 Å². The lowest BCUT2D eigenvalue weighted by molar-refractivity contribution is 0.274. The Morgan fingerprint density at radius 1 is 1.14 bits per heavy atom. The van der Waals surface area contributed by atoms with Crippen molar-refractivity contribution in [3.8, 4) is 5.75 Å². The van der Waals surface area contributed by atoms with Gasteiger partial charge in [0.2, 0.25) is 0 Å². The number of aliphatic imine (C=N–C) groups is 1. The summed E-state index contributed by atoms with van der Waals surface area (Å²) in [7, 11) is 4.05. The molecule has 0 spiro atoms. The summed E-state index contributed by atoms with van der Waals surface area (Å²) in [6.45, 7) is 8.45. The largest absolute Gasteiger partial charge is 0.493 e. The van der Waals surface area contributed by atoms with E-state index in [0.717, 1.165) is 50.3 Å². The average Bonchev–Trinajstić information content (AvgIpc) is 3.55. The van der Waals surface area contributed by atoms with E-state index < -0.39 is 0 Å². The number of para-hydroxylation sites is 1. The highest BCUT2D eigenvalue weighted by Gasteiger charge is 2.22. The van der Waals surface area contributed by atoms with E-state index in [1.165, 1.54) is 51.0 Å². The number of ether oxygens (including phenoxy) is 1. The van der Waals surface area contributed by atoms with Gasteiger partial charge < -0.3 is 25.2 Å². The monoisotopic (exact) mass is 387 g/mol. The maximum atomic E-state index is 6.00. The average molecular weight is 388 g/mol. The van der Waals surface area contributed by atoms with Gasteiger partial charge in [-0.1, -0.05) is 18.2 Å².